The van der Waals surface area contributed by atoms with Crippen LogP contribution in [-0.2, 0) is 23.0 Å². The van der Waals surface area contributed by atoms with Crippen LogP contribution < -0.4 is 10.0 Å². The molecule has 0 saturated carbocycles. The Morgan fingerprint density at radius 2 is 1.60 bits per heavy atom. The zero-order valence-corrected chi connectivity index (χ0v) is 19.6. The van der Waals surface area contributed by atoms with Gasteiger partial charge in [0.25, 0.3) is 5.91 Å². The lowest BCUT2D eigenvalue weighted by Gasteiger charge is -2.15. The molecule has 4 rings (SSSR count). The molecule has 0 radical (unpaired) electrons. The van der Waals surface area contributed by atoms with Crippen molar-refractivity contribution in [1.29, 1.82) is 0 Å². The first-order valence-electron chi connectivity index (χ1n) is 11.0. The van der Waals surface area contributed by atoms with E-state index in [0.29, 0.717) is 29.7 Å². The van der Waals surface area contributed by atoms with Gasteiger partial charge >= 0.3 is 0 Å². The number of benzene rings is 3. The summed E-state index contributed by atoms with van der Waals surface area (Å²) >= 11 is 0. The van der Waals surface area contributed by atoms with Crippen molar-refractivity contribution in [3.05, 3.63) is 120 Å². The quantitative estimate of drug-likeness (QED) is 0.366. The minimum atomic E-state index is -3.92. The van der Waals surface area contributed by atoms with Crippen molar-refractivity contribution in [3.8, 4) is 11.1 Å². The SMILES string of the molecule is O=C(NCCc1ccccn1)c1ccccc1-c1ccccc1CNS(=O)(=O)c1cccc(F)c1. The maximum absolute atomic E-state index is 13.5. The first kappa shape index (κ1) is 24.3. The van der Waals surface area contributed by atoms with E-state index >= 15 is 0 Å². The highest BCUT2D eigenvalue weighted by Gasteiger charge is 2.18. The fourth-order valence-corrected chi connectivity index (χ4v) is 4.73. The molecule has 0 aliphatic carbocycles. The van der Waals surface area contributed by atoms with Crippen LogP contribution in [0.2, 0.25) is 0 Å². The molecule has 0 unspecified atom stereocenters. The third kappa shape index (κ3) is 6.17. The highest BCUT2D eigenvalue weighted by atomic mass is 32.2. The molecule has 0 aliphatic rings. The first-order chi connectivity index (χ1) is 16.9. The van der Waals surface area contributed by atoms with E-state index in [1.54, 1.807) is 30.5 Å². The Hall–Kier alpha value is -3.88. The molecule has 1 heterocycles. The lowest BCUT2D eigenvalue weighted by atomic mass is 9.95. The van der Waals surface area contributed by atoms with Crippen molar-refractivity contribution in [3.63, 3.8) is 0 Å². The predicted octanol–water partition coefficient (Wildman–Crippen LogP) is 4.34. The number of nitrogens with zero attached hydrogens (tertiary/aromatic N) is 1. The Morgan fingerprint density at radius 3 is 2.37 bits per heavy atom. The van der Waals surface area contributed by atoms with Crippen LogP contribution in [0.5, 0.6) is 0 Å². The minimum absolute atomic E-state index is 0.0232. The topological polar surface area (TPSA) is 88.2 Å². The molecule has 178 valence electrons. The van der Waals surface area contributed by atoms with Crippen molar-refractivity contribution in [2.45, 2.75) is 17.9 Å². The predicted molar refractivity (Wildman–Crippen MR) is 133 cm³/mol. The van der Waals surface area contributed by atoms with Crippen LogP contribution in [0.4, 0.5) is 4.39 Å². The second-order valence-corrected chi connectivity index (χ2v) is 9.58. The van der Waals surface area contributed by atoms with Crippen LogP contribution in [0, 0.1) is 5.82 Å². The Labute approximate surface area is 203 Å². The van der Waals surface area contributed by atoms with Gasteiger partial charge in [0.05, 0.1) is 4.90 Å². The average molecular weight is 490 g/mol. The Balaban J connectivity index is 1.53. The van der Waals surface area contributed by atoms with E-state index in [1.165, 1.54) is 18.2 Å². The van der Waals surface area contributed by atoms with Crippen LogP contribution in [-0.4, -0.2) is 25.9 Å². The number of carbonyl (C=O) groups excluding carboxylic acids is 1. The summed E-state index contributed by atoms with van der Waals surface area (Å²) in [7, 11) is -3.92. The summed E-state index contributed by atoms with van der Waals surface area (Å²) in [4.78, 5) is 17.1. The Morgan fingerprint density at radius 1 is 0.857 bits per heavy atom. The van der Waals surface area contributed by atoms with Gasteiger partial charge in [0, 0.05) is 37.0 Å². The molecule has 0 spiro atoms. The molecule has 1 amide bonds. The number of hydrogen-bond acceptors (Lipinski definition) is 4. The van der Waals surface area contributed by atoms with Gasteiger partial charge in [-0.25, -0.2) is 17.5 Å². The molecule has 2 N–H and O–H groups in total. The number of amides is 1. The number of hydrogen-bond donors (Lipinski definition) is 2. The molecule has 1 aromatic heterocycles. The van der Waals surface area contributed by atoms with E-state index in [9.17, 15) is 17.6 Å². The van der Waals surface area contributed by atoms with Gasteiger partial charge in [-0.1, -0.05) is 54.6 Å². The fraction of sp³-hybridized carbons (Fsp3) is 0.111. The molecule has 0 saturated heterocycles. The van der Waals surface area contributed by atoms with E-state index in [4.69, 9.17) is 0 Å². The van der Waals surface area contributed by atoms with Gasteiger partial charge in [-0.2, -0.15) is 0 Å². The molecule has 0 fully saturated rings. The third-order valence-electron chi connectivity index (χ3n) is 5.43. The summed E-state index contributed by atoms with van der Waals surface area (Å²) in [6.45, 7) is 0.407. The second-order valence-electron chi connectivity index (χ2n) is 7.81. The van der Waals surface area contributed by atoms with Gasteiger partial charge in [-0.3, -0.25) is 9.78 Å². The Kier molecular flexibility index (Phi) is 7.64. The van der Waals surface area contributed by atoms with E-state index in [1.807, 2.05) is 42.5 Å². The van der Waals surface area contributed by atoms with E-state index in [2.05, 4.69) is 15.0 Å². The summed E-state index contributed by atoms with van der Waals surface area (Å²) in [5, 5.41) is 2.93. The number of halogens is 1. The average Bonchev–Trinajstić information content (AvgIpc) is 2.88. The normalized spacial score (nSPS) is 11.2. The standard InChI is InChI=1S/C27H24FN3O3S/c28-21-9-7-11-23(18-21)35(33,34)31-19-20-8-1-2-12-24(20)25-13-3-4-14-26(25)27(32)30-17-15-22-10-5-6-16-29-22/h1-14,16,18,31H,15,17,19H2,(H,30,32). The van der Waals surface area contributed by atoms with E-state index in [0.717, 1.165) is 17.3 Å². The molecular weight excluding hydrogens is 465 g/mol. The first-order valence-corrected chi connectivity index (χ1v) is 12.5. The summed E-state index contributed by atoms with van der Waals surface area (Å²) in [5.74, 6) is -0.858. The van der Waals surface area contributed by atoms with Crippen LogP contribution in [0.15, 0.2) is 102 Å². The summed E-state index contributed by atoms with van der Waals surface area (Å²) < 4.78 is 41.4. The second kappa shape index (κ2) is 11.0. The number of pyridine rings is 1. The van der Waals surface area contributed by atoms with Crippen molar-refractivity contribution in [2.24, 2.45) is 0 Å². The van der Waals surface area contributed by atoms with Crippen LogP contribution in [0.3, 0.4) is 0 Å². The summed E-state index contributed by atoms with van der Waals surface area (Å²) in [6, 6.07) is 24.9. The van der Waals surface area contributed by atoms with Gasteiger partial charge in [-0.15, -0.1) is 0 Å². The zero-order valence-electron chi connectivity index (χ0n) is 18.8. The lowest BCUT2D eigenvalue weighted by Crippen LogP contribution is -2.26. The molecule has 0 atom stereocenters. The van der Waals surface area contributed by atoms with Gasteiger partial charge < -0.3 is 5.32 Å². The largest absolute Gasteiger partial charge is 0.352 e. The van der Waals surface area contributed by atoms with Crippen LogP contribution >= 0.6 is 0 Å². The summed E-state index contributed by atoms with van der Waals surface area (Å²) in [6.07, 6.45) is 2.32. The number of nitrogens with one attached hydrogen (secondary N) is 2. The number of sulfonamides is 1. The van der Waals surface area contributed by atoms with Crippen LogP contribution in [0.25, 0.3) is 11.1 Å². The molecular formula is C27H24FN3O3S. The van der Waals surface area contributed by atoms with Gasteiger partial charge in [0.1, 0.15) is 5.82 Å². The zero-order chi connectivity index (χ0) is 24.7. The van der Waals surface area contributed by atoms with E-state index < -0.39 is 15.8 Å². The maximum Gasteiger partial charge on any atom is 0.251 e. The Bertz CT molecular complexity index is 1430. The van der Waals surface area contributed by atoms with Crippen molar-refractivity contribution < 1.29 is 17.6 Å². The highest BCUT2D eigenvalue weighted by Crippen LogP contribution is 2.27. The number of aromatic nitrogens is 1. The van der Waals surface area contributed by atoms with Gasteiger partial charge in [0.15, 0.2) is 0 Å². The molecule has 35 heavy (non-hydrogen) atoms. The molecule has 0 aliphatic heterocycles. The van der Waals surface area contributed by atoms with Crippen molar-refractivity contribution in [2.75, 3.05) is 6.54 Å². The molecule has 6 nitrogen and oxygen atoms in total. The number of rotatable bonds is 9. The van der Waals surface area contributed by atoms with Gasteiger partial charge in [-0.05, 0) is 53.1 Å². The maximum atomic E-state index is 13.5. The van der Waals surface area contributed by atoms with Crippen LogP contribution in [0.1, 0.15) is 21.6 Å². The molecule has 4 aromatic rings. The molecule has 0 bridgehead atoms. The lowest BCUT2D eigenvalue weighted by molar-refractivity contribution is 0.0954. The fourth-order valence-electron chi connectivity index (χ4n) is 3.69. The molecule has 8 heteroatoms. The number of carbonyl (C=O) groups is 1. The third-order valence-corrected chi connectivity index (χ3v) is 6.83. The smallest absolute Gasteiger partial charge is 0.251 e. The highest BCUT2D eigenvalue weighted by molar-refractivity contribution is 7.89. The van der Waals surface area contributed by atoms with Crippen molar-refractivity contribution in [1.82, 2.24) is 15.0 Å². The monoisotopic (exact) mass is 489 g/mol. The summed E-state index contributed by atoms with van der Waals surface area (Å²) in [5.41, 5.74) is 3.46. The van der Waals surface area contributed by atoms with Crippen molar-refractivity contribution >= 4 is 15.9 Å². The van der Waals surface area contributed by atoms with Gasteiger partial charge in [0.2, 0.25) is 10.0 Å². The molecule has 3 aromatic carbocycles. The minimum Gasteiger partial charge on any atom is -0.352 e. The van der Waals surface area contributed by atoms with E-state index in [-0.39, 0.29) is 17.3 Å².